The molecule has 0 aliphatic carbocycles. The first-order chi connectivity index (χ1) is 14.4. The number of rotatable bonds is 3. The highest BCUT2D eigenvalue weighted by Crippen LogP contribution is 2.47. The molecule has 5 rings (SSSR count). The van der Waals surface area contributed by atoms with Crippen LogP contribution in [0, 0.1) is 5.92 Å². The lowest BCUT2D eigenvalue weighted by molar-refractivity contribution is -0.132. The molecule has 0 radical (unpaired) electrons. The van der Waals surface area contributed by atoms with Crippen molar-refractivity contribution in [3.05, 3.63) is 79.3 Å². The van der Waals surface area contributed by atoms with E-state index in [0.717, 1.165) is 11.1 Å². The van der Waals surface area contributed by atoms with E-state index in [-0.39, 0.29) is 11.3 Å². The third kappa shape index (κ3) is 2.65. The quantitative estimate of drug-likeness (QED) is 0.652. The molecular formula is C23H20N2O4S. The van der Waals surface area contributed by atoms with Crippen molar-refractivity contribution in [2.24, 2.45) is 10.9 Å². The third-order valence-electron chi connectivity index (χ3n) is 5.74. The van der Waals surface area contributed by atoms with E-state index in [9.17, 15) is 9.59 Å². The van der Waals surface area contributed by atoms with Crippen molar-refractivity contribution in [2.45, 2.75) is 25.6 Å². The normalized spacial score (nSPS) is 24.3. The molecular weight excluding hydrogens is 400 g/mol. The van der Waals surface area contributed by atoms with Crippen LogP contribution in [0.5, 0.6) is 11.5 Å². The van der Waals surface area contributed by atoms with Crippen molar-refractivity contribution in [3.63, 3.8) is 0 Å². The molecule has 0 spiro atoms. The molecule has 1 aromatic heterocycles. The molecule has 0 unspecified atom stereocenters. The highest BCUT2D eigenvalue weighted by molar-refractivity contribution is 7.07. The lowest BCUT2D eigenvalue weighted by atomic mass is 9.79. The SMILES string of the molecule is COc1ccccc1/C=c1\sc2n(c1=O)[C@@H]1c3ccccc3O[C@](C)(N=2)[C@H]1C(C)=O. The summed E-state index contributed by atoms with van der Waals surface area (Å²) in [5, 5.41) is 0. The van der Waals surface area contributed by atoms with E-state index in [4.69, 9.17) is 14.5 Å². The number of aromatic nitrogens is 1. The minimum absolute atomic E-state index is 0.0558. The van der Waals surface area contributed by atoms with Crippen molar-refractivity contribution in [1.82, 2.24) is 4.57 Å². The van der Waals surface area contributed by atoms with Crippen molar-refractivity contribution in [1.29, 1.82) is 0 Å². The summed E-state index contributed by atoms with van der Waals surface area (Å²) in [7, 11) is 1.60. The van der Waals surface area contributed by atoms with E-state index in [1.165, 1.54) is 18.3 Å². The maximum Gasteiger partial charge on any atom is 0.270 e. The third-order valence-corrected chi connectivity index (χ3v) is 6.73. The number of Topliss-reactive ketones (excluding diaryl/α,β-unsaturated/α-hetero) is 1. The van der Waals surface area contributed by atoms with Crippen LogP contribution in [0.15, 0.2) is 58.3 Å². The molecule has 2 bridgehead atoms. The molecule has 0 N–H and O–H groups in total. The number of carbonyl (C=O) groups is 1. The van der Waals surface area contributed by atoms with Crippen molar-refractivity contribution in [3.8, 4) is 11.5 Å². The van der Waals surface area contributed by atoms with Crippen LogP contribution in [0.3, 0.4) is 0 Å². The molecule has 30 heavy (non-hydrogen) atoms. The second-order valence-electron chi connectivity index (χ2n) is 7.65. The topological polar surface area (TPSA) is 69.9 Å². The summed E-state index contributed by atoms with van der Waals surface area (Å²) in [5.41, 5.74) is 0.420. The molecule has 3 heterocycles. The minimum Gasteiger partial charge on any atom is -0.496 e. The number of carbonyl (C=O) groups excluding carboxylic acids is 1. The first-order valence-corrected chi connectivity index (χ1v) is 10.5. The van der Waals surface area contributed by atoms with E-state index in [0.29, 0.717) is 20.8 Å². The van der Waals surface area contributed by atoms with Gasteiger partial charge in [0, 0.05) is 11.1 Å². The van der Waals surface area contributed by atoms with Gasteiger partial charge in [0.25, 0.3) is 5.56 Å². The zero-order chi connectivity index (χ0) is 21.0. The molecule has 152 valence electrons. The second kappa shape index (κ2) is 6.67. The fourth-order valence-electron chi connectivity index (χ4n) is 4.48. The summed E-state index contributed by atoms with van der Waals surface area (Å²) in [4.78, 5) is 31.5. The van der Waals surface area contributed by atoms with Gasteiger partial charge in [0.05, 0.1) is 17.7 Å². The van der Waals surface area contributed by atoms with Gasteiger partial charge in [-0.05, 0) is 32.1 Å². The van der Waals surface area contributed by atoms with Gasteiger partial charge in [-0.2, -0.15) is 0 Å². The minimum atomic E-state index is -1.05. The number of para-hydroxylation sites is 2. The number of thiazole rings is 1. The maximum atomic E-state index is 13.5. The van der Waals surface area contributed by atoms with Crippen LogP contribution in [0.25, 0.3) is 6.08 Å². The molecule has 2 aromatic carbocycles. The number of ketones is 1. The van der Waals surface area contributed by atoms with Crippen LogP contribution < -0.4 is 24.4 Å². The van der Waals surface area contributed by atoms with Crippen LogP contribution in [-0.4, -0.2) is 23.2 Å². The molecule has 2 aliphatic heterocycles. The smallest absolute Gasteiger partial charge is 0.270 e. The van der Waals surface area contributed by atoms with E-state index < -0.39 is 17.7 Å². The zero-order valence-corrected chi connectivity index (χ0v) is 17.6. The summed E-state index contributed by atoms with van der Waals surface area (Å²) < 4.78 is 13.8. The summed E-state index contributed by atoms with van der Waals surface area (Å²) in [6.45, 7) is 3.35. The molecule has 6 nitrogen and oxygen atoms in total. The average Bonchev–Trinajstić information content (AvgIpc) is 3.01. The molecule has 3 atom stereocenters. The van der Waals surface area contributed by atoms with Gasteiger partial charge < -0.3 is 9.47 Å². The summed E-state index contributed by atoms with van der Waals surface area (Å²) >= 11 is 1.30. The van der Waals surface area contributed by atoms with Gasteiger partial charge in [0.1, 0.15) is 23.2 Å². The lowest BCUT2D eigenvalue weighted by Crippen LogP contribution is -2.58. The monoisotopic (exact) mass is 420 g/mol. The first-order valence-electron chi connectivity index (χ1n) is 9.67. The molecule has 7 heteroatoms. The van der Waals surface area contributed by atoms with Gasteiger partial charge >= 0.3 is 0 Å². The molecule has 3 aromatic rings. The lowest BCUT2D eigenvalue weighted by Gasteiger charge is -2.45. The van der Waals surface area contributed by atoms with Crippen molar-refractivity contribution >= 4 is 23.2 Å². The molecule has 2 aliphatic rings. The predicted molar refractivity (Wildman–Crippen MR) is 114 cm³/mol. The zero-order valence-electron chi connectivity index (χ0n) is 16.8. The van der Waals surface area contributed by atoms with Crippen molar-refractivity contribution < 1.29 is 14.3 Å². The molecule has 0 fully saturated rings. The molecule has 0 saturated heterocycles. The number of methoxy groups -OCH3 is 1. The molecule has 0 amide bonds. The number of hydrogen-bond acceptors (Lipinski definition) is 6. The standard InChI is InChI=1S/C23H20N2O4S/c1-13(26)19-20-15-9-5-7-11-17(15)29-23(19,2)24-22-25(20)21(27)18(30-22)12-14-8-4-6-10-16(14)28-3/h4-12,19-20H,1-3H3/b18-12-/t19-,20+,23-/m0/s1. The van der Waals surface area contributed by atoms with E-state index in [2.05, 4.69) is 0 Å². The predicted octanol–water partition coefficient (Wildman–Crippen LogP) is 2.28. The number of ether oxygens (including phenoxy) is 2. The maximum absolute atomic E-state index is 13.5. The number of benzene rings is 2. The van der Waals surface area contributed by atoms with E-state index in [1.807, 2.05) is 61.5 Å². The van der Waals surface area contributed by atoms with Gasteiger partial charge in [-0.15, -0.1) is 0 Å². The number of fused-ring (bicyclic) bond motifs is 6. The highest BCUT2D eigenvalue weighted by Gasteiger charge is 2.53. The Kier molecular flexibility index (Phi) is 4.18. The Bertz CT molecular complexity index is 1360. The Morgan fingerprint density at radius 1 is 1.23 bits per heavy atom. The number of nitrogens with zero attached hydrogens (tertiary/aromatic N) is 2. The highest BCUT2D eigenvalue weighted by atomic mass is 32.1. The summed E-state index contributed by atoms with van der Waals surface area (Å²) in [6, 6.07) is 14.6. The van der Waals surface area contributed by atoms with Crippen LogP contribution >= 0.6 is 11.3 Å². The van der Waals surface area contributed by atoms with Gasteiger partial charge in [-0.25, -0.2) is 4.99 Å². The first kappa shape index (κ1) is 18.8. The van der Waals surface area contributed by atoms with E-state index in [1.54, 1.807) is 11.7 Å². The molecule has 0 saturated carbocycles. The van der Waals surface area contributed by atoms with Crippen molar-refractivity contribution in [2.75, 3.05) is 7.11 Å². The van der Waals surface area contributed by atoms with Crippen LogP contribution in [0.1, 0.15) is 31.0 Å². The Hall–Kier alpha value is -3.19. The Labute approximate surface area is 176 Å². The average molecular weight is 420 g/mol. The second-order valence-corrected chi connectivity index (χ2v) is 8.66. The largest absolute Gasteiger partial charge is 0.496 e. The Morgan fingerprint density at radius 3 is 2.73 bits per heavy atom. The summed E-state index contributed by atoms with van der Waals surface area (Å²) in [6.07, 6.45) is 1.81. The van der Waals surface area contributed by atoms with Crippen LogP contribution in [-0.2, 0) is 4.79 Å². The Morgan fingerprint density at radius 2 is 1.97 bits per heavy atom. The van der Waals surface area contributed by atoms with Gasteiger partial charge in [0.2, 0.25) is 5.72 Å². The fraction of sp³-hybridized carbons (Fsp3) is 0.261. The van der Waals surface area contributed by atoms with Gasteiger partial charge in [-0.1, -0.05) is 47.7 Å². The number of hydrogen-bond donors (Lipinski definition) is 0. The van der Waals surface area contributed by atoms with E-state index >= 15 is 0 Å². The summed E-state index contributed by atoms with van der Waals surface area (Å²) in [5.74, 6) is 0.711. The van der Waals surface area contributed by atoms with Gasteiger partial charge in [0.15, 0.2) is 4.80 Å². The van der Waals surface area contributed by atoms with Gasteiger partial charge in [-0.3, -0.25) is 14.2 Å². The van der Waals surface area contributed by atoms with Crippen LogP contribution in [0.2, 0.25) is 0 Å². The fourth-order valence-corrected chi connectivity index (χ4v) is 5.57. The Balaban J connectivity index is 1.81. The van der Waals surface area contributed by atoms with Crippen LogP contribution in [0.4, 0.5) is 0 Å².